The van der Waals surface area contributed by atoms with Crippen molar-refractivity contribution in [3.63, 3.8) is 0 Å². The normalized spacial score (nSPS) is 15.1. The van der Waals surface area contributed by atoms with Gasteiger partial charge in [-0.3, -0.25) is 0 Å². The first-order valence-electron chi connectivity index (χ1n) is 5.56. The molecule has 1 rings (SSSR count). The van der Waals surface area contributed by atoms with Crippen molar-refractivity contribution in [2.75, 3.05) is 12.8 Å². The maximum Gasteiger partial charge on any atom is 0.0935 e. The third-order valence-corrected chi connectivity index (χ3v) is 4.12. The molecule has 0 spiro atoms. The maximum atomic E-state index is 5.07. The Morgan fingerprint density at radius 1 is 1.53 bits per heavy atom. The summed E-state index contributed by atoms with van der Waals surface area (Å²) in [4.78, 5) is 0. The number of hydrogen-bond acceptors (Lipinski definition) is 3. The molecule has 86 valence electrons. The van der Waals surface area contributed by atoms with E-state index in [1.54, 1.807) is 6.26 Å². The molecule has 0 saturated heterocycles. The SMILES string of the molecule is CCC(C)SCC(Cc1ccoc1)NC. The van der Waals surface area contributed by atoms with Gasteiger partial charge in [0.15, 0.2) is 0 Å². The second-order valence-electron chi connectivity index (χ2n) is 3.87. The van der Waals surface area contributed by atoms with Crippen molar-refractivity contribution in [3.8, 4) is 0 Å². The lowest BCUT2D eigenvalue weighted by Crippen LogP contribution is -2.30. The first-order chi connectivity index (χ1) is 7.26. The van der Waals surface area contributed by atoms with E-state index in [-0.39, 0.29) is 0 Å². The topological polar surface area (TPSA) is 25.2 Å². The van der Waals surface area contributed by atoms with Crippen molar-refractivity contribution in [2.45, 2.75) is 38.0 Å². The fourth-order valence-electron chi connectivity index (χ4n) is 1.34. The largest absolute Gasteiger partial charge is 0.472 e. The molecule has 0 radical (unpaired) electrons. The lowest BCUT2D eigenvalue weighted by molar-refractivity contribution is 0.556. The zero-order valence-corrected chi connectivity index (χ0v) is 10.6. The number of hydrogen-bond donors (Lipinski definition) is 1. The number of furan rings is 1. The smallest absolute Gasteiger partial charge is 0.0935 e. The van der Waals surface area contributed by atoms with Crippen molar-refractivity contribution < 1.29 is 4.42 Å². The third-order valence-electron chi connectivity index (χ3n) is 2.63. The summed E-state index contributed by atoms with van der Waals surface area (Å²) >= 11 is 2.04. The van der Waals surface area contributed by atoms with Crippen LogP contribution in [0.15, 0.2) is 23.0 Å². The Labute approximate surface area is 96.8 Å². The molecule has 3 heteroatoms. The van der Waals surface area contributed by atoms with E-state index in [1.807, 2.05) is 31.1 Å². The van der Waals surface area contributed by atoms with E-state index in [4.69, 9.17) is 4.42 Å². The van der Waals surface area contributed by atoms with Crippen LogP contribution in [0.3, 0.4) is 0 Å². The number of nitrogens with one attached hydrogen (secondary N) is 1. The molecule has 2 nitrogen and oxygen atoms in total. The first-order valence-corrected chi connectivity index (χ1v) is 6.61. The summed E-state index contributed by atoms with van der Waals surface area (Å²) < 4.78 is 5.07. The maximum absolute atomic E-state index is 5.07. The van der Waals surface area contributed by atoms with Crippen molar-refractivity contribution in [3.05, 3.63) is 24.2 Å². The lowest BCUT2D eigenvalue weighted by Gasteiger charge is -2.17. The van der Waals surface area contributed by atoms with Gasteiger partial charge in [-0.15, -0.1) is 0 Å². The molecule has 1 aromatic rings. The molecule has 0 aromatic carbocycles. The minimum absolute atomic E-state index is 0.543. The van der Waals surface area contributed by atoms with Crippen LogP contribution >= 0.6 is 11.8 Å². The van der Waals surface area contributed by atoms with E-state index in [0.29, 0.717) is 6.04 Å². The zero-order chi connectivity index (χ0) is 11.1. The Balaban J connectivity index is 2.30. The number of rotatable bonds is 7. The highest BCUT2D eigenvalue weighted by molar-refractivity contribution is 7.99. The van der Waals surface area contributed by atoms with Gasteiger partial charge in [0.1, 0.15) is 0 Å². The van der Waals surface area contributed by atoms with Gasteiger partial charge in [-0.1, -0.05) is 13.8 Å². The highest BCUT2D eigenvalue weighted by atomic mass is 32.2. The summed E-state index contributed by atoms with van der Waals surface area (Å²) in [5, 5.41) is 4.11. The first kappa shape index (κ1) is 12.7. The van der Waals surface area contributed by atoms with Gasteiger partial charge in [0.05, 0.1) is 12.5 Å². The molecule has 0 aliphatic heterocycles. The summed E-state index contributed by atoms with van der Waals surface area (Å²) in [6, 6.07) is 2.58. The average Bonchev–Trinajstić information content (AvgIpc) is 2.76. The van der Waals surface area contributed by atoms with Crippen LogP contribution in [0.2, 0.25) is 0 Å². The Kier molecular flexibility index (Phi) is 5.88. The van der Waals surface area contributed by atoms with E-state index in [2.05, 4.69) is 19.2 Å². The van der Waals surface area contributed by atoms with Gasteiger partial charge in [-0.25, -0.2) is 0 Å². The van der Waals surface area contributed by atoms with Gasteiger partial charge in [0, 0.05) is 17.0 Å². The van der Waals surface area contributed by atoms with Crippen LogP contribution in [0.4, 0.5) is 0 Å². The molecular formula is C12H21NOS. The standard InChI is InChI=1S/C12H21NOS/c1-4-10(2)15-9-12(13-3)7-11-5-6-14-8-11/h5-6,8,10,12-13H,4,7,9H2,1-3H3. The molecule has 2 unspecified atom stereocenters. The van der Waals surface area contributed by atoms with Crippen LogP contribution in [0.5, 0.6) is 0 Å². The summed E-state index contributed by atoms with van der Waals surface area (Å²) in [5.74, 6) is 1.16. The van der Waals surface area contributed by atoms with Gasteiger partial charge in [0.25, 0.3) is 0 Å². The van der Waals surface area contributed by atoms with Crippen LogP contribution in [-0.4, -0.2) is 24.1 Å². The van der Waals surface area contributed by atoms with Crippen molar-refractivity contribution in [2.24, 2.45) is 0 Å². The minimum Gasteiger partial charge on any atom is -0.472 e. The summed E-state index contributed by atoms with van der Waals surface area (Å²) in [6.45, 7) is 4.53. The fraction of sp³-hybridized carbons (Fsp3) is 0.667. The fourth-order valence-corrected chi connectivity index (χ4v) is 2.42. The van der Waals surface area contributed by atoms with E-state index in [1.165, 1.54) is 12.0 Å². The molecule has 1 aromatic heterocycles. The molecule has 0 aliphatic rings. The number of likely N-dealkylation sites (N-methyl/N-ethyl adjacent to an activating group) is 1. The third kappa shape index (κ3) is 4.76. The Morgan fingerprint density at radius 3 is 2.87 bits per heavy atom. The molecular weight excluding hydrogens is 206 g/mol. The number of thioether (sulfide) groups is 1. The Hall–Kier alpha value is -0.410. The van der Waals surface area contributed by atoms with Crippen LogP contribution in [-0.2, 0) is 6.42 Å². The predicted octanol–water partition coefficient (Wildman–Crippen LogP) is 2.94. The van der Waals surface area contributed by atoms with Crippen LogP contribution in [0.25, 0.3) is 0 Å². The van der Waals surface area contributed by atoms with Crippen LogP contribution in [0.1, 0.15) is 25.8 Å². The van der Waals surface area contributed by atoms with Gasteiger partial charge in [-0.05, 0) is 31.5 Å². The van der Waals surface area contributed by atoms with Gasteiger partial charge in [-0.2, -0.15) is 11.8 Å². The predicted molar refractivity (Wildman–Crippen MR) is 67.5 cm³/mol. The minimum atomic E-state index is 0.543. The quantitative estimate of drug-likeness (QED) is 0.775. The molecule has 0 aliphatic carbocycles. The van der Waals surface area contributed by atoms with Gasteiger partial charge in [0.2, 0.25) is 0 Å². The molecule has 15 heavy (non-hydrogen) atoms. The monoisotopic (exact) mass is 227 g/mol. The average molecular weight is 227 g/mol. The molecule has 1 N–H and O–H groups in total. The second kappa shape index (κ2) is 6.96. The van der Waals surface area contributed by atoms with Crippen molar-refractivity contribution in [1.82, 2.24) is 5.32 Å². The van der Waals surface area contributed by atoms with E-state index in [0.717, 1.165) is 17.4 Å². The second-order valence-corrected chi connectivity index (χ2v) is 5.34. The summed E-state index contributed by atoms with van der Waals surface area (Å²) in [7, 11) is 2.03. The van der Waals surface area contributed by atoms with Gasteiger partial charge >= 0.3 is 0 Å². The zero-order valence-electron chi connectivity index (χ0n) is 9.82. The molecule has 0 amide bonds. The Bertz CT molecular complexity index is 248. The summed E-state index contributed by atoms with van der Waals surface area (Å²) in [6.07, 6.45) is 5.87. The van der Waals surface area contributed by atoms with Crippen molar-refractivity contribution in [1.29, 1.82) is 0 Å². The summed E-state index contributed by atoms with van der Waals surface area (Å²) in [5.41, 5.74) is 1.28. The molecule has 0 saturated carbocycles. The highest BCUT2D eigenvalue weighted by Crippen LogP contribution is 2.16. The van der Waals surface area contributed by atoms with E-state index in [9.17, 15) is 0 Å². The van der Waals surface area contributed by atoms with Crippen LogP contribution < -0.4 is 5.32 Å². The van der Waals surface area contributed by atoms with Crippen LogP contribution in [0, 0.1) is 0 Å². The van der Waals surface area contributed by atoms with Gasteiger partial charge < -0.3 is 9.73 Å². The molecule has 1 heterocycles. The molecule has 0 bridgehead atoms. The van der Waals surface area contributed by atoms with E-state index < -0.39 is 0 Å². The Morgan fingerprint density at radius 2 is 2.33 bits per heavy atom. The highest BCUT2D eigenvalue weighted by Gasteiger charge is 2.10. The molecule has 0 fully saturated rings. The van der Waals surface area contributed by atoms with E-state index >= 15 is 0 Å². The lowest BCUT2D eigenvalue weighted by atomic mass is 10.1. The molecule has 2 atom stereocenters. The van der Waals surface area contributed by atoms with Crippen molar-refractivity contribution >= 4 is 11.8 Å².